The van der Waals surface area contributed by atoms with Gasteiger partial charge in [-0.15, -0.1) is 0 Å². The average molecular weight is 425 g/mol. The van der Waals surface area contributed by atoms with Crippen LogP contribution in [-0.2, 0) is 26.3 Å². The van der Waals surface area contributed by atoms with Crippen molar-refractivity contribution < 1.29 is 17.9 Å². The first-order valence-electron chi connectivity index (χ1n) is 9.50. The lowest BCUT2D eigenvalue weighted by molar-refractivity contribution is -0.122. The zero-order valence-corrected chi connectivity index (χ0v) is 19.5. The number of carbonyl (C=O) groups excluding carboxylic acids is 1. The Labute approximate surface area is 170 Å². The lowest BCUT2D eigenvalue weighted by atomic mass is 10.2. The van der Waals surface area contributed by atoms with Crippen LogP contribution in [0.3, 0.4) is 0 Å². The van der Waals surface area contributed by atoms with Gasteiger partial charge in [-0.2, -0.15) is 8.42 Å². The van der Waals surface area contributed by atoms with Gasteiger partial charge in [0.2, 0.25) is 0 Å². The van der Waals surface area contributed by atoms with E-state index in [1.807, 2.05) is 18.2 Å². The molecule has 1 heterocycles. The van der Waals surface area contributed by atoms with E-state index in [0.717, 1.165) is 15.9 Å². The van der Waals surface area contributed by atoms with Crippen molar-refractivity contribution in [1.82, 2.24) is 8.61 Å². The Hall–Kier alpha value is -1.64. The van der Waals surface area contributed by atoms with Crippen molar-refractivity contribution in [2.24, 2.45) is 0 Å². The maximum atomic E-state index is 13.0. The number of nitrogens with zero attached hydrogens (tertiary/aromatic N) is 2. The lowest BCUT2D eigenvalue weighted by Gasteiger charge is -2.37. The minimum Gasteiger partial charge on any atom is -0.360 e. The van der Waals surface area contributed by atoms with Crippen LogP contribution in [0, 0.1) is 0 Å². The zero-order chi connectivity index (χ0) is 21.2. The molecule has 0 bridgehead atoms. The summed E-state index contributed by atoms with van der Waals surface area (Å²) in [7, 11) is -5.46. The first-order valence-corrected chi connectivity index (χ1v) is 14.1. The highest BCUT2D eigenvalue weighted by molar-refractivity contribution is 7.87. The van der Waals surface area contributed by atoms with Crippen molar-refractivity contribution in [3.05, 3.63) is 47.7 Å². The first kappa shape index (κ1) is 22.6. The first-order chi connectivity index (χ1) is 12.9. The Balaban J connectivity index is 2.07. The van der Waals surface area contributed by atoms with Gasteiger partial charge in [0.1, 0.15) is 6.73 Å². The van der Waals surface area contributed by atoms with Crippen LogP contribution < -0.4 is 0 Å². The van der Waals surface area contributed by atoms with Crippen LogP contribution in [0.5, 0.6) is 0 Å². The summed E-state index contributed by atoms with van der Waals surface area (Å²) in [5.74, 6) is -0.529. The van der Waals surface area contributed by atoms with Gasteiger partial charge in [-0.05, 0) is 23.6 Å². The van der Waals surface area contributed by atoms with E-state index in [9.17, 15) is 13.2 Å². The zero-order valence-electron chi connectivity index (χ0n) is 17.7. The molecular formula is C20H32N2O4SSi. The summed E-state index contributed by atoms with van der Waals surface area (Å²) >= 11 is 0. The molecule has 0 radical (unpaired) electrons. The van der Waals surface area contributed by atoms with Gasteiger partial charge in [0.05, 0.1) is 14.6 Å². The van der Waals surface area contributed by atoms with Crippen molar-refractivity contribution in [3.8, 4) is 0 Å². The number of carbonyl (C=O) groups is 1. The van der Waals surface area contributed by atoms with Crippen LogP contribution in [0.4, 0.5) is 0 Å². The maximum absolute atomic E-state index is 13.0. The number of amides is 1. The predicted molar refractivity (Wildman–Crippen MR) is 114 cm³/mol. The highest BCUT2D eigenvalue weighted by atomic mass is 32.2. The quantitative estimate of drug-likeness (QED) is 0.491. The van der Waals surface area contributed by atoms with Gasteiger partial charge >= 0.3 is 10.2 Å². The van der Waals surface area contributed by atoms with Crippen LogP contribution >= 0.6 is 0 Å². The molecule has 6 nitrogen and oxygen atoms in total. The van der Waals surface area contributed by atoms with Crippen molar-refractivity contribution >= 4 is 24.2 Å². The van der Waals surface area contributed by atoms with Crippen molar-refractivity contribution in [3.63, 3.8) is 0 Å². The fourth-order valence-electron chi connectivity index (χ4n) is 2.66. The molecule has 156 valence electrons. The summed E-state index contributed by atoms with van der Waals surface area (Å²) in [6.07, 6.45) is 1.35. The monoisotopic (exact) mass is 424 g/mol. The lowest BCUT2D eigenvalue weighted by Crippen LogP contribution is -2.49. The predicted octanol–water partition coefficient (Wildman–Crippen LogP) is 3.96. The number of hydrogen-bond donors (Lipinski definition) is 0. The Bertz CT molecular complexity index is 830. The molecule has 1 aromatic carbocycles. The van der Waals surface area contributed by atoms with E-state index in [4.69, 9.17) is 4.74 Å². The van der Waals surface area contributed by atoms with E-state index >= 15 is 0 Å². The Kier molecular flexibility index (Phi) is 6.78. The third-order valence-electron chi connectivity index (χ3n) is 5.81. The molecule has 0 aromatic heterocycles. The van der Waals surface area contributed by atoms with Gasteiger partial charge in [0, 0.05) is 18.4 Å². The van der Waals surface area contributed by atoms with Crippen molar-refractivity contribution in [2.75, 3.05) is 13.3 Å². The summed E-state index contributed by atoms with van der Waals surface area (Å²) < 4.78 is 33.8. The molecule has 1 amide bonds. The van der Waals surface area contributed by atoms with Crippen LogP contribution in [0.15, 0.2) is 42.1 Å². The van der Waals surface area contributed by atoms with E-state index in [-0.39, 0.29) is 18.3 Å². The fraction of sp³-hybridized carbons (Fsp3) is 0.550. The van der Waals surface area contributed by atoms with Crippen LogP contribution in [-0.4, -0.2) is 44.3 Å². The number of rotatable bonds is 7. The van der Waals surface area contributed by atoms with E-state index in [1.54, 1.807) is 19.1 Å². The maximum Gasteiger partial charge on any atom is 0.330 e. The van der Waals surface area contributed by atoms with E-state index in [0.29, 0.717) is 12.3 Å². The molecule has 2 rings (SSSR count). The smallest absolute Gasteiger partial charge is 0.330 e. The molecule has 8 heteroatoms. The Morgan fingerprint density at radius 2 is 1.68 bits per heavy atom. The third kappa shape index (κ3) is 5.04. The normalized spacial score (nSPS) is 17.6. The molecule has 0 saturated carbocycles. The fourth-order valence-corrected chi connectivity index (χ4v) is 5.52. The minimum atomic E-state index is -3.97. The molecule has 0 spiro atoms. The second kappa shape index (κ2) is 8.38. The SMILES string of the molecule is CC1=CC(=O)N(Cc2ccccc2)S(=O)(=O)N1COCC[Si](C)(C)C(C)(C)C. The Morgan fingerprint density at radius 3 is 2.25 bits per heavy atom. The van der Waals surface area contributed by atoms with Gasteiger partial charge in [-0.3, -0.25) is 4.79 Å². The highest BCUT2D eigenvalue weighted by Crippen LogP contribution is 2.38. The summed E-state index contributed by atoms with van der Waals surface area (Å²) in [4.78, 5) is 12.4. The number of hydrogen-bond acceptors (Lipinski definition) is 4. The summed E-state index contributed by atoms with van der Waals surface area (Å²) in [6.45, 7) is 13.4. The Morgan fingerprint density at radius 1 is 1.07 bits per heavy atom. The average Bonchev–Trinajstić information content (AvgIpc) is 2.57. The largest absolute Gasteiger partial charge is 0.360 e. The number of benzene rings is 1. The summed E-state index contributed by atoms with van der Waals surface area (Å²) in [6, 6.07) is 10.0. The summed E-state index contributed by atoms with van der Waals surface area (Å²) in [5, 5.41) is 0.252. The van der Waals surface area contributed by atoms with Crippen LogP contribution in [0.2, 0.25) is 24.2 Å². The molecule has 1 aromatic rings. The van der Waals surface area contributed by atoms with Gasteiger partial charge in [-0.25, -0.2) is 8.61 Å². The molecule has 0 aliphatic carbocycles. The second-order valence-electron chi connectivity index (χ2n) is 8.89. The molecule has 28 heavy (non-hydrogen) atoms. The van der Waals surface area contributed by atoms with E-state index in [2.05, 4.69) is 33.9 Å². The molecule has 0 N–H and O–H groups in total. The van der Waals surface area contributed by atoms with Crippen molar-refractivity contribution in [1.29, 1.82) is 0 Å². The molecule has 0 saturated heterocycles. The molecule has 0 atom stereocenters. The third-order valence-corrected chi connectivity index (χ3v) is 13.1. The number of ether oxygens (including phenoxy) is 1. The molecular weight excluding hydrogens is 392 g/mol. The molecule has 1 aliphatic rings. The molecule has 0 fully saturated rings. The minimum absolute atomic E-state index is 0.00621. The van der Waals surface area contributed by atoms with Gasteiger partial charge in [0.25, 0.3) is 5.91 Å². The summed E-state index contributed by atoms with van der Waals surface area (Å²) in [5.41, 5.74) is 1.13. The second-order valence-corrected chi connectivity index (χ2v) is 16.4. The highest BCUT2D eigenvalue weighted by Gasteiger charge is 2.38. The van der Waals surface area contributed by atoms with Gasteiger partial charge in [-0.1, -0.05) is 64.2 Å². The van der Waals surface area contributed by atoms with Crippen LogP contribution in [0.25, 0.3) is 0 Å². The molecule has 0 unspecified atom stereocenters. The topological polar surface area (TPSA) is 66.9 Å². The van der Waals surface area contributed by atoms with Gasteiger partial charge < -0.3 is 4.74 Å². The van der Waals surface area contributed by atoms with E-state index in [1.165, 1.54) is 10.4 Å². The van der Waals surface area contributed by atoms with Crippen LogP contribution in [0.1, 0.15) is 33.3 Å². The van der Waals surface area contributed by atoms with Gasteiger partial charge in [0.15, 0.2) is 0 Å². The van der Waals surface area contributed by atoms with Crippen molar-refractivity contribution in [2.45, 2.75) is 58.4 Å². The van der Waals surface area contributed by atoms with E-state index < -0.39 is 24.2 Å². The number of allylic oxidation sites excluding steroid dienone is 1. The standard InChI is InChI=1S/C20H32N2O4SSi/c1-17-14-19(23)21(15-18-10-8-7-9-11-18)27(24,25)22(17)16-26-12-13-28(5,6)20(2,3)4/h7-11,14H,12-13,15-16H2,1-6H3. The molecule has 1 aliphatic heterocycles.